The Morgan fingerprint density at radius 2 is 2.05 bits per heavy atom. The number of halogens is 1. The van der Waals surface area contributed by atoms with Crippen molar-refractivity contribution in [1.29, 1.82) is 0 Å². The van der Waals surface area contributed by atoms with E-state index < -0.39 is 30.4 Å². The number of rotatable bonds is 9. The second-order valence-corrected chi connectivity index (χ2v) is 9.31. The van der Waals surface area contributed by atoms with Gasteiger partial charge in [-0.2, -0.15) is 0 Å². The van der Waals surface area contributed by atoms with Gasteiger partial charge in [-0.3, -0.25) is 4.57 Å². The van der Waals surface area contributed by atoms with Crippen molar-refractivity contribution in [1.82, 2.24) is 19.5 Å². The highest BCUT2D eigenvalue weighted by molar-refractivity contribution is 9.10. The minimum absolute atomic E-state index is 0.298. The van der Waals surface area contributed by atoms with Crippen LogP contribution >= 0.6 is 15.9 Å². The first-order valence-corrected chi connectivity index (χ1v) is 12.2. The van der Waals surface area contributed by atoms with Crippen LogP contribution in [0.3, 0.4) is 0 Å². The number of imidazole rings is 1. The number of anilines is 1. The number of fused-ring (bicyclic) bond motifs is 1. The van der Waals surface area contributed by atoms with E-state index in [-0.39, 0.29) is 0 Å². The minimum Gasteiger partial charge on any atom is -0.489 e. The van der Waals surface area contributed by atoms with Crippen molar-refractivity contribution in [3.05, 3.63) is 87.2 Å². The zero-order valence-corrected chi connectivity index (χ0v) is 21.2. The van der Waals surface area contributed by atoms with Crippen molar-refractivity contribution in [3.8, 4) is 5.75 Å². The lowest BCUT2D eigenvalue weighted by molar-refractivity contribution is -0.152. The molecule has 4 atom stereocenters. The van der Waals surface area contributed by atoms with Crippen LogP contribution in [0.5, 0.6) is 5.75 Å². The predicted molar refractivity (Wildman–Crippen MR) is 138 cm³/mol. The highest BCUT2D eigenvalue weighted by atomic mass is 79.9. The van der Waals surface area contributed by atoms with Crippen LogP contribution in [0.2, 0.25) is 0 Å². The van der Waals surface area contributed by atoms with Crippen molar-refractivity contribution in [2.75, 3.05) is 5.32 Å². The molecule has 1 saturated heterocycles. The van der Waals surface area contributed by atoms with Crippen molar-refractivity contribution in [2.24, 2.45) is 5.11 Å². The summed E-state index contributed by atoms with van der Waals surface area (Å²) in [5, 5.41) is 26.7. The fraction of sp³-hybridized carbons (Fsp3) is 0.250. The summed E-state index contributed by atoms with van der Waals surface area (Å²) in [6.45, 7) is 0.765. The van der Waals surface area contributed by atoms with E-state index >= 15 is 0 Å². The second-order valence-electron chi connectivity index (χ2n) is 8.40. The number of aliphatic hydroxyl groups is 1. The maximum Gasteiger partial charge on any atom is 0.333 e. The van der Waals surface area contributed by atoms with Crippen molar-refractivity contribution in [2.45, 2.75) is 37.6 Å². The van der Waals surface area contributed by atoms with Crippen LogP contribution in [0.4, 0.5) is 5.82 Å². The molecule has 38 heavy (non-hydrogen) atoms. The Morgan fingerprint density at radius 1 is 1.24 bits per heavy atom. The van der Waals surface area contributed by atoms with E-state index in [0.29, 0.717) is 35.9 Å². The Hall–Kier alpha value is -4.23. The van der Waals surface area contributed by atoms with Gasteiger partial charge in [0.15, 0.2) is 29.3 Å². The standard InChI is InChI=1S/C24H21BrN8O5/c25-15-6-7-16(37-10-13-4-2-1-3-5-13)14(8-15)9-27-21-18-22(29-11-28-21)33(12-30-18)23-19(34)17(31-32-26)20(38-23)24(35)36/h1-8,11-12,17,19-20,23,34H,9-10H2,(H,35,36)(H,27,28,29). The topological polar surface area (TPSA) is 180 Å². The summed E-state index contributed by atoms with van der Waals surface area (Å²) in [7, 11) is 0. The molecule has 1 fully saturated rings. The number of ether oxygens (including phenoxy) is 2. The Bertz CT molecular complexity index is 1510. The number of hydrogen-bond acceptors (Lipinski definition) is 9. The zero-order valence-electron chi connectivity index (χ0n) is 19.6. The molecule has 2 aromatic carbocycles. The molecular weight excluding hydrogens is 560 g/mol. The van der Waals surface area contributed by atoms with Gasteiger partial charge in [0.05, 0.1) is 6.33 Å². The van der Waals surface area contributed by atoms with Gasteiger partial charge in [0.2, 0.25) is 0 Å². The molecule has 1 aliphatic rings. The first-order valence-electron chi connectivity index (χ1n) is 11.4. The fourth-order valence-electron chi connectivity index (χ4n) is 4.19. The van der Waals surface area contributed by atoms with Crippen LogP contribution in [0, 0.1) is 0 Å². The quantitative estimate of drug-likeness (QED) is 0.150. The summed E-state index contributed by atoms with van der Waals surface area (Å²) in [5.41, 5.74) is 11.4. The van der Waals surface area contributed by atoms with Gasteiger partial charge >= 0.3 is 5.97 Å². The first-order chi connectivity index (χ1) is 18.5. The molecule has 4 aromatic rings. The Labute approximate surface area is 223 Å². The molecule has 5 rings (SSSR count). The highest BCUT2D eigenvalue weighted by Crippen LogP contribution is 2.34. The molecule has 0 bridgehead atoms. The number of azide groups is 1. The molecule has 0 aliphatic carbocycles. The molecule has 3 N–H and O–H groups in total. The lowest BCUT2D eigenvalue weighted by Gasteiger charge is -2.17. The lowest BCUT2D eigenvalue weighted by Crippen LogP contribution is -2.34. The Kier molecular flexibility index (Phi) is 7.38. The smallest absolute Gasteiger partial charge is 0.333 e. The third kappa shape index (κ3) is 5.10. The van der Waals surface area contributed by atoms with E-state index in [1.54, 1.807) is 0 Å². The SMILES string of the molecule is [N-]=[N+]=NC1C(C(=O)O)OC(n2cnc3c(NCc4cc(Br)ccc4OCc4ccccc4)ncnc32)C1O. The predicted octanol–water partition coefficient (Wildman–Crippen LogP) is 3.80. The summed E-state index contributed by atoms with van der Waals surface area (Å²) in [6, 6.07) is 14.2. The van der Waals surface area contributed by atoms with Crippen molar-refractivity contribution >= 4 is 38.9 Å². The third-order valence-electron chi connectivity index (χ3n) is 6.01. The summed E-state index contributed by atoms with van der Waals surface area (Å²) in [5.74, 6) is -0.243. The van der Waals surface area contributed by atoms with E-state index in [2.05, 4.69) is 46.2 Å². The average molecular weight is 581 g/mol. The largest absolute Gasteiger partial charge is 0.489 e. The van der Waals surface area contributed by atoms with Gasteiger partial charge in [-0.1, -0.05) is 51.4 Å². The molecular formula is C24H21BrN8O5. The molecule has 194 valence electrons. The molecule has 2 aromatic heterocycles. The average Bonchev–Trinajstić information content (AvgIpc) is 3.49. The lowest BCUT2D eigenvalue weighted by atomic mass is 10.1. The summed E-state index contributed by atoms with van der Waals surface area (Å²) in [6.07, 6.45) is -1.45. The number of nitrogens with zero attached hydrogens (tertiary/aromatic N) is 7. The number of carboxylic acids is 1. The molecule has 0 spiro atoms. The maximum absolute atomic E-state index is 11.6. The number of hydrogen-bond donors (Lipinski definition) is 3. The monoisotopic (exact) mass is 580 g/mol. The van der Waals surface area contributed by atoms with Gasteiger partial charge in [0.1, 0.15) is 30.8 Å². The van der Waals surface area contributed by atoms with Gasteiger partial charge in [-0.25, -0.2) is 19.7 Å². The summed E-state index contributed by atoms with van der Waals surface area (Å²) in [4.78, 5) is 27.1. The normalized spacial score (nSPS) is 20.7. The Balaban J connectivity index is 1.37. The summed E-state index contributed by atoms with van der Waals surface area (Å²) < 4.78 is 13.9. The molecule has 0 amide bonds. The molecule has 3 heterocycles. The number of aromatic nitrogens is 4. The van der Waals surface area contributed by atoms with Crippen LogP contribution < -0.4 is 10.1 Å². The van der Waals surface area contributed by atoms with E-state index in [0.717, 1.165) is 15.6 Å². The van der Waals surface area contributed by atoms with E-state index in [4.69, 9.17) is 15.0 Å². The molecule has 1 aliphatic heterocycles. The van der Waals surface area contributed by atoms with Crippen molar-refractivity contribution < 1.29 is 24.5 Å². The Morgan fingerprint density at radius 3 is 2.82 bits per heavy atom. The van der Waals surface area contributed by atoms with Gasteiger partial charge in [0.25, 0.3) is 0 Å². The van der Waals surface area contributed by atoms with E-state index in [1.807, 2.05) is 48.5 Å². The van der Waals surface area contributed by atoms with Crippen LogP contribution in [0.1, 0.15) is 17.4 Å². The third-order valence-corrected chi connectivity index (χ3v) is 6.50. The van der Waals surface area contributed by atoms with Gasteiger partial charge in [0, 0.05) is 21.5 Å². The van der Waals surface area contributed by atoms with Crippen LogP contribution in [0.15, 0.2) is 70.8 Å². The van der Waals surface area contributed by atoms with E-state index in [9.17, 15) is 15.0 Å². The fourth-order valence-corrected chi connectivity index (χ4v) is 4.60. The van der Waals surface area contributed by atoms with Gasteiger partial charge < -0.3 is 25.0 Å². The zero-order chi connectivity index (χ0) is 26.6. The molecule has 4 unspecified atom stereocenters. The number of carboxylic acid groups (broad SMARTS) is 1. The number of benzene rings is 2. The van der Waals surface area contributed by atoms with Crippen LogP contribution in [-0.2, 0) is 22.7 Å². The van der Waals surface area contributed by atoms with Crippen LogP contribution in [-0.4, -0.2) is 54.0 Å². The molecule has 13 nitrogen and oxygen atoms in total. The van der Waals surface area contributed by atoms with Crippen LogP contribution in [0.25, 0.3) is 21.6 Å². The number of carbonyl (C=O) groups is 1. The number of aliphatic carboxylic acids is 1. The minimum atomic E-state index is -1.52. The molecule has 0 saturated carbocycles. The van der Waals surface area contributed by atoms with Gasteiger partial charge in [-0.15, -0.1) is 0 Å². The highest BCUT2D eigenvalue weighted by Gasteiger charge is 2.48. The number of aliphatic hydroxyl groups excluding tert-OH is 1. The van der Waals surface area contributed by atoms with E-state index in [1.165, 1.54) is 17.2 Å². The molecule has 14 heteroatoms. The number of nitrogens with one attached hydrogen (secondary N) is 1. The molecule has 0 radical (unpaired) electrons. The first kappa shape index (κ1) is 25.4. The van der Waals surface area contributed by atoms with Gasteiger partial charge in [-0.05, 0) is 29.3 Å². The second kappa shape index (κ2) is 11.0. The summed E-state index contributed by atoms with van der Waals surface area (Å²) >= 11 is 3.50. The van der Waals surface area contributed by atoms with Crippen molar-refractivity contribution in [3.63, 3.8) is 0 Å². The maximum atomic E-state index is 11.6.